The summed E-state index contributed by atoms with van der Waals surface area (Å²) in [5.74, 6) is 2.47. The second kappa shape index (κ2) is 5.61. The van der Waals surface area contributed by atoms with E-state index in [2.05, 4.69) is 11.2 Å². The van der Waals surface area contributed by atoms with Gasteiger partial charge in [-0.3, -0.25) is 0 Å². The SMILES string of the molecule is C#CC(C)OCCNC. The minimum absolute atomic E-state index is 0.0571. The van der Waals surface area contributed by atoms with Crippen LogP contribution in [0.4, 0.5) is 0 Å². The van der Waals surface area contributed by atoms with E-state index in [-0.39, 0.29) is 6.10 Å². The summed E-state index contributed by atoms with van der Waals surface area (Å²) in [5, 5.41) is 2.95. The van der Waals surface area contributed by atoms with Crippen molar-refractivity contribution < 1.29 is 4.74 Å². The zero-order valence-corrected chi connectivity index (χ0v) is 5.98. The number of hydrogen-bond acceptors (Lipinski definition) is 2. The lowest BCUT2D eigenvalue weighted by Gasteiger charge is -2.04. The van der Waals surface area contributed by atoms with Crippen LogP contribution >= 0.6 is 0 Å². The third-order valence-corrected chi connectivity index (χ3v) is 0.955. The zero-order chi connectivity index (χ0) is 7.11. The van der Waals surface area contributed by atoms with E-state index in [9.17, 15) is 0 Å². The number of rotatable bonds is 4. The van der Waals surface area contributed by atoms with Crippen molar-refractivity contribution in [1.82, 2.24) is 5.32 Å². The van der Waals surface area contributed by atoms with Crippen LogP contribution in [0.2, 0.25) is 0 Å². The van der Waals surface area contributed by atoms with E-state index in [1.165, 1.54) is 0 Å². The monoisotopic (exact) mass is 127 g/mol. The van der Waals surface area contributed by atoms with E-state index in [0.29, 0.717) is 6.61 Å². The molecule has 0 heterocycles. The van der Waals surface area contributed by atoms with E-state index in [0.717, 1.165) is 6.54 Å². The molecule has 0 bridgehead atoms. The first-order valence-electron chi connectivity index (χ1n) is 3.03. The molecule has 1 N–H and O–H groups in total. The van der Waals surface area contributed by atoms with Crippen molar-refractivity contribution in [2.24, 2.45) is 0 Å². The van der Waals surface area contributed by atoms with Gasteiger partial charge in [-0.2, -0.15) is 0 Å². The van der Waals surface area contributed by atoms with Crippen molar-refractivity contribution in [3.63, 3.8) is 0 Å². The van der Waals surface area contributed by atoms with Crippen molar-refractivity contribution in [3.8, 4) is 12.3 Å². The van der Waals surface area contributed by atoms with Gasteiger partial charge in [-0.1, -0.05) is 5.92 Å². The van der Waals surface area contributed by atoms with Crippen LogP contribution in [0.15, 0.2) is 0 Å². The Hall–Kier alpha value is -0.520. The summed E-state index contributed by atoms with van der Waals surface area (Å²) >= 11 is 0. The van der Waals surface area contributed by atoms with Crippen molar-refractivity contribution in [3.05, 3.63) is 0 Å². The van der Waals surface area contributed by atoms with Gasteiger partial charge in [0.15, 0.2) is 0 Å². The predicted molar refractivity (Wildman–Crippen MR) is 38.2 cm³/mol. The molecule has 0 rings (SSSR count). The molecule has 0 radical (unpaired) electrons. The topological polar surface area (TPSA) is 21.3 Å². The summed E-state index contributed by atoms with van der Waals surface area (Å²) in [6.45, 7) is 3.39. The first-order chi connectivity index (χ1) is 4.31. The molecule has 1 atom stereocenters. The Labute approximate surface area is 56.6 Å². The summed E-state index contributed by atoms with van der Waals surface area (Å²) < 4.78 is 5.13. The van der Waals surface area contributed by atoms with Gasteiger partial charge in [0.05, 0.1) is 6.61 Å². The number of ether oxygens (including phenoxy) is 1. The van der Waals surface area contributed by atoms with Gasteiger partial charge in [-0.15, -0.1) is 6.42 Å². The minimum atomic E-state index is -0.0571. The molecule has 2 nitrogen and oxygen atoms in total. The highest BCUT2D eigenvalue weighted by atomic mass is 16.5. The maximum Gasteiger partial charge on any atom is 0.115 e. The number of terminal acetylenes is 1. The van der Waals surface area contributed by atoms with Crippen LogP contribution in [0.3, 0.4) is 0 Å². The summed E-state index contributed by atoms with van der Waals surface area (Å²) in [7, 11) is 1.88. The van der Waals surface area contributed by atoms with Crippen LogP contribution in [-0.4, -0.2) is 26.3 Å². The van der Waals surface area contributed by atoms with Gasteiger partial charge in [0.1, 0.15) is 6.10 Å². The van der Waals surface area contributed by atoms with Gasteiger partial charge in [-0.25, -0.2) is 0 Å². The highest BCUT2D eigenvalue weighted by Crippen LogP contribution is 1.84. The van der Waals surface area contributed by atoms with E-state index < -0.39 is 0 Å². The molecule has 0 spiro atoms. The van der Waals surface area contributed by atoms with Crippen LogP contribution in [0.25, 0.3) is 0 Å². The minimum Gasteiger partial charge on any atom is -0.365 e. The zero-order valence-electron chi connectivity index (χ0n) is 5.98. The van der Waals surface area contributed by atoms with Crippen LogP contribution in [0.1, 0.15) is 6.92 Å². The molecule has 0 aliphatic heterocycles. The quantitative estimate of drug-likeness (QED) is 0.431. The molecule has 0 aromatic heterocycles. The normalized spacial score (nSPS) is 12.6. The van der Waals surface area contributed by atoms with Gasteiger partial charge in [0.2, 0.25) is 0 Å². The molecule has 0 aromatic rings. The van der Waals surface area contributed by atoms with E-state index >= 15 is 0 Å². The van der Waals surface area contributed by atoms with Gasteiger partial charge < -0.3 is 10.1 Å². The van der Waals surface area contributed by atoms with Crippen molar-refractivity contribution in [1.29, 1.82) is 0 Å². The fourth-order valence-electron chi connectivity index (χ4n) is 0.386. The molecule has 0 aromatic carbocycles. The van der Waals surface area contributed by atoms with Gasteiger partial charge in [-0.05, 0) is 14.0 Å². The Morgan fingerprint density at radius 2 is 2.44 bits per heavy atom. The number of hydrogen-bond donors (Lipinski definition) is 1. The second-order valence-corrected chi connectivity index (χ2v) is 1.78. The Kier molecular flexibility index (Phi) is 5.29. The van der Waals surface area contributed by atoms with Crippen molar-refractivity contribution >= 4 is 0 Å². The largest absolute Gasteiger partial charge is 0.365 e. The third kappa shape index (κ3) is 5.35. The fraction of sp³-hybridized carbons (Fsp3) is 0.714. The smallest absolute Gasteiger partial charge is 0.115 e. The molecule has 0 fully saturated rings. The van der Waals surface area contributed by atoms with Crippen LogP contribution < -0.4 is 5.32 Å². The second-order valence-electron chi connectivity index (χ2n) is 1.78. The Morgan fingerprint density at radius 1 is 1.78 bits per heavy atom. The maximum absolute atomic E-state index is 5.13. The Bertz CT molecular complexity index is 95.6. The first kappa shape index (κ1) is 8.48. The molecule has 0 amide bonds. The van der Waals surface area contributed by atoms with Crippen molar-refractivity contribution in [2.45, 2.75) is 13.0 Å². The summed E-state index contributed by atoms with van der Waals surface area (Å²) in [4.78, 5) is 0. The number of likely N-dealkylation sites (N-methyl/N-ethyl adjacent to an activating group) is 1. The Balaban J connectivity index is 2.99. The summed E-state index contributed by atoms with van der Waals surface area (Å²) in [6.07, 6.45) is 5.00. The molecular formula is C7H13NO. The maximum atomic E-state index is 5.13. The predicted octanol–water partition coefficient (Wildman–Crippen LogP) is 0.244. The standard InChI is InChI=1S/C7H13NO/c1-4-7(2)9-6-5-8-3/h1,7-8H,5-6H2,2-3H3. The molecule has 9 heavy (non-hydrogen) atoms. The molecule has 0 aliphatic rings. The fourth-order valence-corrected chi connectivity index (χ4v) is 0.386. The van der Waals surface area contributed by atoms with Crippen LogP contribution in [-0.2, 0) is 4.74 Å². The lowest BCUT2D eigenvalue weighted by Crippen LogP contribution is -2.17. The van der Waals surface area contributed by atoms with Gasteiger partial charge >= 0.3 is 0 Å². The molecule has 2 heteroatoms. The number of nitrogens with one attached hydrogen (secondary N) is 1. The van der Waals surface area contributed by atoms with Crippen LogP contribution in [0, 0.1) is 12.3 Å². The highest BCUT2D eigenvalue weighted by molar-refractivity contribution is 4.91. The Morgan fingerprint density at radius 3 is 2.89 bits per heavy atom. The summed E-state index contributed by atoms with van der Waals surface area (Å²) in [6, 6.07) is 0. The lowest BCUT2D eigenvalue weighted by molar-refractivity contribution is 0.107. The van der Waals surface area contributed by atoms with E-state index in [4.69, 9.17) is 11.2 Å². The third-order valence-electron chi connectivity index (χ3n) is 0.955. The first-order valence-corrected chi connectivity index (χ1v) is 3.03. The molecule has 0 saturated carbocycles. The molecule has 0 aliphatic carbocycles. The van der Waals surface area contributed by atoms with Gasteiger partial charge in [0, 0.05) is 6.54 Å². The van der Waals surface area contributed by atoms with Crippen LogP contribution in [0.5, 0.6) is 0 Å². The average molecular weight is 127 g/mol. The molecule has 0 saturated heterocycles. The molecular weight excluding hydrogens is 114 g/mol. The summed E-state index contributed by atoms with van der Waals surface area (Å²) in [5.41, 5.74) is 0. The average Bonchev–Trinajstić information content (AvgIpc) is 1.89. The molecule has 1 unspecified atom stereocenters. The van der Waals surface area contributed by atoms with Gasteiger partial charge in [0.25, 0.3) is 0 Å². The van der Waals surface area contributed by atoms with Crippen molar-refractivity contribution in [2.75, 3.05) is 20.2 Å². The van der Waals surface area contributed by atoms with E-state index in [1.807, 2.05) is 14.0 Å². The lowest BCUT2D eigenvalue weighted by atomic mass is 10.4. The molecule has 52 valence electrons. The highest BCUT2D eigenvalue weighted by Gasteiger charge is 1.92. The van der Waals surface area contributed by atoms with E-state index in [1.54, 1.807) is 0 Å².